The summed E-state index contributed by atoms with van der Waals surface area (Å²) in [5.74, 6) is -0.0765. The second kappa shape index (κ2) is 10.4. The lowest BCUT2D eigenvalue weighted by Gasteiger charge is -2.23. The van der Waals surface area contributed by atoms with E-state index in [4.69, 9.17) is 11.6 Å². The number of benzene rings is 2. The molecule has 36 heavy (non-hydrogen) atoms. The highest BCUT2D eigenvalue weighted by molar-refractivity contribution is 6.31. The molecule has 0 radical (unpaired) electrons. The van der Waals surface area contributed by atoms with Crippen LogP contribution in [0.5, 0.6) is 5.75 Å². The molecule has 0 unspecified atom stereocenters. The first-order chi connectivity index (χ1) is 17.0. The number of halogens is 7. The van der Waals surface area contributed by atoms with Gasteiger partial charge in [-0.3, -0.25) is 0 Å². The van der Waals surface area contributed by atoms with E-state index in [1.54, 1.807) is 6.07 Å². The minimum Gasteiger partial charge on any atom is -0.406 e. The molecule has 192 valence electrons. The third-order valence-corrected chi connectivity index (χ3v) is 5.90. The Balaban J connectivity index is 1.70. The summed E-state index contributed by atoms with van der Waals surface area (Å²) in [7, 11) is 0. The number of hydrogen-bond donors (Lipinski definition) is 2. The van der Waals surface area contributed by atoms with Gasteiger partial charge in [-0.05, 0) is 43.2 Å². The van der Waals surface area contributed by atoms with E-state index < -0.39 is 28.9 Å². The Hall–Kier alpha value is -3.21. The quantitative estimate of drug-likeness (QED) is 0.315. The molecule has 12 heteroatoms. The molecule has 4 rings (SSSR count). The zero-order valence-corrected chi connectivity index (χ0v) is 19.4. The summed E-state index contributed by atoms with van der Waals surface area (Å²) >= 11 is 5.71. The van der Waals surface area contributed by atoms with E-state index in [0.29, 0.717) is 5.56 Å². The molecule has 1 fully saturated rings. The molecule has 0 saturated heterocycles. The van der Waals surface area contributed by atoms with Crippen LogP contribution in [0.4, 0.5) is 43.8 Å². The van der Waals surface area contributed by atoms with Crippen molar-refractivity contribution in [2.45, 2.75) is 50.7 Å². The Bertz CT molecular complexity index is 1210. The fourth-order valence-electron chi connectivity index (χ4n) is 3.97. The van der Waals surface area contributed by atoms with E-state index in [2.05, 4.69) is 25.3 Å². The van der Waals surface area contributed by atoms with Crippen molar-refractivity contribution in [2.75, 3.05) is 10.6 Å². The largest absolute Gasteiger partial charge is 0.573 e. The van der Waals surface area contributed by atoms with E-state index in [0.717, 1.165) is 50.3 Å². The first-order valence-corrected chi connectivity index (χ1v) is 11.5. The van der Waals surface area contributed by atoms with Gasteiger partial charge in [0.25, 0.3) is 0 Å². The van der Waals surface area contributed by atoms with Crippen molar-refractivity contribution < 1.29 is 31.1 Å². The highest BCUT2D eigenvalue weighted by Crippen LogP contribution is 2.37. The molecular formula is C24H21ClF6N4O. The standard InChI is InChI=1S/C24H21ClF6N4O/c25-19-10-9-16(12-18(19)23(26,27)28)32-21-13-20(14-5-4-8-17(11-14)36-24(29,30)31)34-22(35-21)33-15-6-2-1-3-7-15/h4-5,8-13,15H,1-3,6-7H2,(H2,32,33,34,35). The van der Waals surface area contributed by atoms with Crippen LogP contribution in [-0.2, 0) is 6.18 Å². The zero-order valence-electron chi connectivity index (χ0n) is 18.7. The third kappa shape index (κ3) is 6.93. The second-order valence-corrected chi connectivity index (χ2v) is 8.74. The predicted molar refractivity (Wildman–Crippen MR) is 124 cm³/mol. The van der Waals surface area contributed by atoms with Crippen LogP contribution in [-0.4, -0.2) is 22.4 Å². The zero-order chi connectivity index (χ0) is 25.9. The number of aromatic nitrogens is 2. The third-order valence-electron chi connectivity index (χ3n) is 5.57. The molecule has 0 aliphatic heterocycles. The van der Waals surface area contributed by atoms with Crippen molar-refractivity contribution in [3.63, 3.8) is 0 Å². The topological polar surface area (TPSA) is 59.1 Å². The predicted octanol–water partition coefficient (Wildman–Crippen LogP) is 8.20. The van der Waals surface area contributed by atoms with Crippen molar-refractivity contribution in [1.82, 2.24) is 9.97 Å². The number of rotatable bonds is 6. The van der Waals surface area contributed by atoms with E-state index >= 15 is 0 Å². The van der Waals surface area contributed by atoms with Crippen LogP contribution in [0.3, 0.4) is 0 Å². The van der Waals surface area contributed by atoms with Crippen LogP contribution in [0.15, 0.2) is 48.5 Å². The lowest BCUT2D eigenvalue weighted by Crippen LogP contribution is -2.23. The SMILES string of the molecule is FC(F)(F)Oc1cccc(-c2cc(Nc3ccc(Cl)c(C(F)(F)F)c3)nc(NC3CCCCC3)n2)c1. The molecule has 1 saturated carbocycles. The maximum absolute atomic E-state index is 13.3. The summed E-state index contributed by atoms with van der Waals surface area (Å²) in [6.45, 7) is 0. The number of nitrogens with zero attached hydrogens (tertiary/aromatic N) is 2. The van der Waals surface area contributed by atoms with Crippen LogP contribution in [0, 0.1) is 0 Å². The fraction of sp³-hybridized carbons (Fsp3) is 0.333. The van der Waals surface area contributed by atoms with Crippen molar-refractivity contribution in [1.29, 1.82) is 0 Å². The summed E-state index contributed by atoms with van der Waals surface area (Å²) < 4.78 is 82.0. The highest BCUT2D eigenvalue weighted by Gasteiger charge is 2.33. The van der Waals surface area contributed by atoms with Crippen LogP contribution >= 0.6 is 11.6 Å². The molecule has 2 N–H and O–H groups in total. The molecule has 1 aliphatic carbocycles. The number of nitrogens with one attached hydrogen (secondary N) is 2. The normalized spacial score (nSPS) is 15.0. The maximum Gasteiger partial charge on any atom is 0.573 e. The van der Waals surface area contributed by atoms with Gasteiger partial charge in [0, 0.05) is 23.4 Å². The van der Waals surface area contributed by atoms with Crippen molar-refractivity contribution in [3.8, 4) is 17.0 Å². The van der Waals surface area contributed by atoms with Gasteiger partial charge in [-0.2, -0.15) is 18.2 Å². The molecule has 0 spiro atoms. The van der Waals surface area contributed by atoms with Gasteiger partial charge >= 0.3 is 12.5 Å². The summed E-state index contributed by atoms with van der Waals surface area (Å²) in [5, 5.41) is 5.62. The van der Waals surface area contributed by atoms with Crippen LogP contribution in [0.25, 0.3) is 11.3 Å². The summed E-state index contributed by atoms with van der Waals surface area (Å²) in [6.07, 6.45) is -4.53. The van der Waals surface area contributed by atoms with Gasteiger partial charge in [0.15, 0.2) is 0 Å². The average Bonchev–Trinajstić information content (AvgIpc) is 2.79. The fourth-order valence-corrected chi connectivity index (χ4v) is 4.20. The van der Waals surface area contributed by atoms with Crippen molar-refractivity contribution in [2.24, 2.45) is 0 Å². The average molecular weight is 531 g/mol. The van der Waals surface area contributed by atoms with E-state index in [-0.39, 0.29) is 29.2 Å². The monoisotopic (exact) mass is 530 g/mol. The molecule has 2 aromatic carbocycles. The first-order valence-electron chi connectivity index (χ1n) is 11.1. The van der Waals surface area contributed by atoms with Gasteiger partial charge in [0.2, 0.25) is 5.95 Å². The molecule has 1 aromatic heterocycles. The summed E-state index contributed by atoms with van der Waals surface area (Å²) in [6, 6.07) is 10.1. The first kappa shape index (κ1) is 25.9. The molecule has 1 heterocycles. The van der Waals surface area contributed by atoms with Gasteiger partial charge in [-0.25, -0.2) is 4.98 Å². The maximum atomic E-state index is 13.3. The van der Waals surface area contributed by atoms with Crippen LogP contribution in [0.1, 0.15) is 37.7 Å². The Morgan fingerprint density at radius 2 is 1.64 bits per heavy atom. The molecule has 0 bridgehead atoms. The molecule has 3 aromatic rings. The van der Waals surface area contributed by atoms with Gasteiger partial charge in [0.1, 0.15) is 11.6 Å². The molecule has 0 atom stereocenters. The number of ether oxygens (including phenoxy) is 1. The number of anilines is 3. The molecular weight excluding hydrogens is 510 g/mol. The van der Waals surface area contributed by atoms with Gasteiger partial charge in [-0.15, -0.1) is 13.2 Å². The summed E-state index contributed by atoms with van der Waals surface area (Å²) in [5.41, 5.74) is -0.375. The van der Waals surface area contributed by atoms with Gasteiger partial charge in [0.05, 0.1) is 16.3 Å². The Labute approximate surface area is 207 Å². The Morgan fingerprint density at radius 1 is 0.889 bits per heavy atom. The Morgan fingerprint density at radius 3 is 2.33 bits per heavy atom. The smallest absolute Gasteiger partial charge is 0.406 e. The van der Waals surface area contributed by atoms with E-state index in [9.17, 15) is 26.3 Å². The van der Waals surface area contributed by atoms with E-state index in [1.165, 1.54) is 24.3 Å². The van der Waals surface area contributed by atoms with Gasteiger partial charge < -0.3 is 15.4 Å². The number of hydrogen-bond acceptors (Lipinski definition) is 5. The minimum absolute atomic E-state index is 0.0779. The molecule has 5 nitrogen and oxygen atoms in total. The van der Waals surface area contributed by atoms with Gasteiger partial charge in [-0.1, -0.05) is 43.0 Å². The van der Waals surface area contributed by atoms with Crippen LogP contribution < -0.4 is 15.4 Å². The minimum atomic E-state index is -4.87. The molecule has 1 aliphatic rings. The second-order valence-electron chi connectivity index (χ2n) is 8.33. The van der Waals surface area contributed by atoms with Crippen molar-refractivity contribution in [3.05, 3.63) is 59.1 Å². The number of alkyl halides is 6. The highest BCUT2D eigenvalue weighted by atomic mass is 35.5. The molecule has 0 amide bonds. The Kier molecular flexibility index (Phi) is 7.49. The lowest BCUT2D eigenvalue weighted by atomic mass is 9.96. The van der Waals surface area contributed by atoms with E-state index in [1.807, 2.05) is 0 Å². The van der Waals surface area contributed by atoms with Crippen LogP contribution in [0.2, 0.25) is 5.02 Å². The van der Waals surface area contributed by atoms with Crippen molar-refractivity contribution >= 4 is 29.1 Å². The lowest BCUT2D eigenvalue weighted by molar-refractivity contribution is -0.274. The summed E-state index contributed by atoms with van der Waals surface area (Å²) in [4.78, 5) is 8.83.